The molecule has 0 bridgehead atoms. The van der Waals surface area contributed by atoms with Crippen LogP contribution in [0.2, 0.25) is 0 Å². The zero-order chi connectivity index (χ0) is 12.7. The molecule has 0 aliphatic carbocycles. The second kappa shape index (κ2) is 6.61. The third-order valence-electron chi connectivity index (χ3n) is 2.32. The first kappa shape index (κ1) is 14.0. The minimum Gasteiger partial charge on any atom is -0.385 e. The number of anilines is 1. The molecule has 0 amide bonds. The van der Waals surface area contributed by atoms with Crippen LogP contribution in [0.3, 0.4) is 0 Å². The molecule has 4 nitrogen and oxygen atoms in total. The second-order valence-corrected chi connectivity index (χ2v) is 6.26. The number of nitrogens with one attached hydrogen (secondary N) is 1. The van der Waals surface area contributed by atoms with E-state index < -0.39 is 9.84 Å². The number of ether oxygens (including phenoxy) is 1. The molecule has 0 radical (unpaired) electrons. The Kier molecular flexibility index (Phi) is 5.44. The molecule has 96 valence electrons. The Labute approximate surface area is 103 Å². The zero-order valence-corrected chi connectivity index (χ0v) is 11.1. The Bertz CT molecular complexity index is 443. The molecule has 0 atom stereocenters. The van der Waals surface area contributed by atoms with Crippen LogP contribution in [0, 0.1) is 0 Å². The maximum absolute atomic E-state index is 11.0. The van der Waals surface area contributed by atoms with Crippen LogP contribution < -0.4 is 5.32 Å². The van der Waals surface area contributed by atoms with Crippen molar-refractivity contribution in [2.75, 3.05) is 31.0 Å². The van der Waals surface area contributed by atoms with E-state index in [1.165, 1.54) is 6.26 Å². The van der Waals surface area contributed by atoms with Gasteiger partial charge in [0.25, 0.3) is 0 Å². The Hall–Kier alpha value is -1.07. The molecule has 0 saturated carbocycles. The Balaban J connectivity index is 2.46. The zero-order valence-electron chi connectivity index (χ0n) is 10.3. The lowest BCUT2D eigenvalue weighted by Crippen LogP contribution is -2.10. The highest BCUT2D eigenvalue weighted by Crippen LogP contribution is 2.15. The molecular weight excluding hydrogens is 238 g/mol. The highest BCUT2D eigenvalue weighted by molar-refractivity contribution is 7.90. The lowest BCUT2D eigenvalue weighted by Gasteiger charge is -2.11. The van der Waals surface area contributed by atoms with Crippen molar-refractivity contribution in [2.45, 2.75) is 13.0 Å². The van der Waals surface area contributed by atoms with Crippen LogP contribution in [-0.2, 0) is 21.2 Å². The molecule has 0 fully saturated rings. The van der Waals surface area contributed by atoms with Gasteiger partial charge in [-0.3, -0.25) is 0 Å². The number of benzene rings is 1. The highest BCUT2D eigenvalue weighted by atomic mass is 32.2. The first-order valence-corrected chi connectivity index (χ1v) is 7.57. The summed E-state index contributed by atoms with van der Waals surface area (Å²) >= 11 is 0. The molecule has 0 aliphatic rings. The van der Waals surface area contributed by atoms with Gasteiger partial charge in [0, 0.05) is 31.2 Å². The molecule has 5 heteroatoms. The number of hydrogen-bond donors (Lipinski definition) is 1. The molecule has 0 aromatic heterocycles. The van der Waals surface area contributed by atoms with Crippen molar-refractivity contribution in [1.82, 2.24) is 0 Å². The predicted octanol–water partition coefficient (Wildman–Crippen LogP) is 1.68. The fourth-order valence-electron chi connectivity index (χ4n) is 1.53. The summed E-state index contributed by atoms with van der Waals surface area (Å²) in [6.45, 7) is 1.20. The first-order valence-electron chi connectivity index (χ1n) is 5.51. The summed E-state index contributed by atoms with van der Waals surface area (Å²) in [7, 11) is -1.21. The molecule has 0 aliphatic heterocycles. The number of rotatable bonds is 7. The molecule has 1 aromatic rings. The molecule has 17 heavy (non-hydrogen) atoms. The summed E-state index contributed by atoms with van der Waals surface area (Å²) in [6, 6.07) is 7.85. The first-order chi connectivity index (χ1) is 8.03. The highest BCUT2D eigenvalue weighted by Gasteiger charge is 2.03. The van der Waals surface area contributed by atoms with Crippen LogP contribution in [0.1, 0.15) is 12.0 Å². The maximum Gasteiger partial charge on any atom is 0.147 e. The van der Waals surface area contributed by atoms with Crippen molar-refractivity contribution >= 4 is 15.5 Å². The summed E-state index contributed by atoms with van der Waals surface area (Å²) in [6.07, 6.45) is 1.87. The van der Waals surface area contributed by atoms with E-state index in [1.54, 1.807) is 7.11 Å². The SMILES string of the molecule is COCc1ccccc1NCCCS(C)(=O)=O. The molecule has 1 aromatic carbocycles. The van der Waals surface area contributed by atoms with Crippen LogP contribution in [0.5, 0.6) is 0 Å². The second-order valence-electron chi connectivity index (χ2n) is 4.00. The predicted molar refractivity (Wildman–Crippen MR) is 70.0 cm³/mol. The van der Waals surface area contributed by atoms with Gasteiger partial charge in [-0.2, -0.15) is 0 Å². The Morgan fingerprint density at radius 3 is 2.65 bits per heavy atom. The van der Waals surface area contributed by atoms with E-state index in [4.69, 9.17) is 4.74 Å². The van der Waals surface area contributed by atoms with Crippen LogP contribution in [0.15, 0.2) is 24.3 Å². The van der Waals surface area contributed by atoms with Gasteiger partial charge in [-0.05, 0) is 12.5 Å². The molecule has 0 heterocycles. The van der Waals surface area contributed by atoms with Crippen molar-refractivity contribution in [3.8, 4) is 0 Å². The van der Waals surface area contributed by atoms with E-state index in [2.05, 4.69) is 5.32 Å². The molecule has 1 rings (SSSR count). The van der Waals surface area contributed by atoms with E-state index >= 15 is 0 Å². The van der Waals surface area contributed by atoms with Crippen molar-refractivity contribution in [1.29, 1.82) is 0 Å². The van der Waals surface area contributed by atoms with Gasteiger partial charge >= 0.3 is 0 Å². The number of sulfone groups is 1. The van der Waals surface area contributed by atoms with Gasteiger partial charge in [0.1, 0.15) is 9.84 Å². The van der Waals surface area contributed by atoms with Gasteiger partial charge in [-0.15, -0.1) is 0 Å². The van der Waals surface area contributed by atoms with Crippen molar-refractivity contribution in [3.05, 3.63) is 29.8 Å². The maximum atomic E-state index is 11.0. The monoisotopic (exact) mass is 257 g/mol. The fourth-order valence-corrected chi connectivity index (χ4v) is 2.20. The number of para-hydroxylation sites is 1. The molecule has 0 spiro atoms. The van der Waals surface area contributed by atoms with Crippen LogP contribution in [0.25, 0.3) is 0 Å². The van der Waals surface area contributed by atoms with Crippen LogP contribution in [0.4, 0.5) is 5.69 Å². The molecule has 0 unspecified atom stereocenters. The molecule has 0 saturated heterocycles. The Morgan fingerprint density at radius 2 is 2.00 bits per heavy atom. The minimum absolute atomic E-state index is 0.215. The van der Waals surface area contributed by atoms with Gasteiger partial charge in [0.15, 0.2) is 0 Å². The van der Waals surface area contributed by atoms with Gasteiger partial charge in [0.05, 0.1) is 12.4 Å². The minimum atomic E-state index is -2.86. The number of methoxy groups -OCH3 is 1. The average Bonchev–Trinajstić information content (AvgIpc) is 2.25. The largest absolute Gasteiger partial charge is 0.385 e. The van der Waals surface area contributed by atoms with Crippen LogP contribution in [-0.4, -0.2) is 34.1 Å². The Morgan fingerprint density at radius 1 is 1.29 bits per heavy atom. The quantitative estimate of drug-likeness (QED) is 0.755. The number of hydrogen-bond acceptors (Lipinski definition) is 4. The smallest absolute Gasteiger partial charge is 0.147 e. The summed E-state index contributed by atoms with van der Waals surface area (Å²) in [5.41, 5.74) is 2.08. The van der Waals surface area contributed by atoms with E-state index in [0.717, 1.165) is 11.3 Å². The van der Waals surface area contributed by atoms with E-state index in [1.807, 2.05) is 24.3 Å². The van der Waals surface area contributed by atoms with Gasteiger partial charge in [0.2, 0.25) is 0 Å². The van der Waals surface area contributed by atoms with Crippen LogP contribution >= 0.6 is 0 Å². The topological polar surface area (TPSA) is 55.4 Å². The summed E-state index contributed by atoms with van der Waals surface area (Å²) < 4.78 is 27.0. The lowest BCUT2D eigenvalue weighted by atomic mass is 10.2. The standard InChI is InChI=1S/C12H19NO3S/c1-16-10-11-6-3-4-7-12(11)13-8-5-9-17(2,14)15/h3-4,6-7,13H,5,8-10H2,1-2H3. The summed E-state index contributed by atoms with van der Waals surface area (Å²) in [4.78, 5) is 0. The molecule has 1 N–H and O–H groups in total. The van der Waals surface area contributed by atoms with Gasteiger partial charge < -0.3 is 10.1 Å². The van der Waals surface area contributed by atoms with Crippen molar-refractivity contribution in [3.63, 3.8) is 0 Å². The van der Waals surface area contributed by atoms with Gasteiger partial charge in [-0.1, -0.05) is 18.2 Å². The van der Waals surface area contributed by atoms with Crippen molar-refractivity contribution < 1.29 is 13.2 Å². The van der Waals surface area contributed by atoms with E-state index in [9.17, 15) is 8.42 Å². The third kappa shape index (κ3) is 5.70. The summed E-state index contributed by atoms with van der Waals surface area (Å²) in [5.74, 6) is 0.215. The fraction of sp³-hybridized carbons (Fsp3) is 0.500. The third-order valence-corrected chi connectivity index (χ3v) is 3.35. The van der Waals surface area contributed by atoms with Crippen molar-refractivity contribution in [2.24, 2.45) is 0 Å². The lowest BCUT2D eigenvalue weighted by molar-refractivity contribution is 0.185. The van der Waals surface area contributed by atoms with Gasteiger partial charge in [-0.25, -0.2) is 8.42 Å². The normalized spacial score (nSPS) is 11.4. The molecular formula is C12H19NO3S. The van der Waals surface area contributed by atoms with E-state index in [-0.39, 0.29) is 5.75 Å². The summed E-state index contributed by atoms with van der Waals surface area (Å²) in [5, 5.41) is 3.23. The van der Waals surface area contributed by atoms with E-state index in [0.29, 0.717) is 19.6 Å². The average molecular weight is 257 g/mol.